The first-order chi connectivity index (χ1) is 16.0. The highest BCUT2D eigenvalue weighted by molar-refractivity contribution is 5.89. The van der Waals surface area contributed by atoms with Crippen LogP contribution in [-0.4, -0.2) is 48.2 Å². The van der Waals surface area contributed by atoms with E-state index < -0.39 is 0 Å². The fraction of sp³-hybridized carbons (Fsp3) is 0.296. The minimum atomic E-state index is 0.796. The number of piperazine rings is 1. The summed E-state index contributed by atoms with van der Waals surface area (Å²) >= 11 is 0. The van der Waals surface area contributed by atoms with E-state index in [4.69, 9.17) is 14.7 Å². The minimum absolute atomic E-state index is 0.796. The third-order valence-corrected chi connectivity index (χ3v) is 6.32. The predicted molar refractivity (Wildman–Crippen MR) is 134 cm³/mol. The third-order valence-electron chi connectivity index (χ3n) is 6.32. The van der Waals surface area contributed by atoms with Gasteiger partial charge in [0.15, 0.2) is 0 Å². The zero-order valence-electron chi connectivity index (χ0n) is 19.7. The zero-order valence-corrected chi connectivity index (χ0v) is 19.7. The molecule has 1 aliphatic heterocycles. The van der Waals surface area contributed by atoms with Gasteiger partial charge in [-0.2, -0.15) is 0 Å². The number of anilines is 2. The van der Waals surface area contributed by atoms with Gasteiger partial charge in [0, 0.05) is 43.2 Å². The smallest absolute Gasteiger partial charge is 0.145 e. The number of rotatable bonds is 4. The summed E-state index contributed by atoms with van der Waals surface area (Å²) in [6, 6.07) is 18.9. The molecule has 3 heterocycles. The van der Waals surface area contributed by atoms with Crippen LogP contribution in [0.5, 0.6) is 5.75 Å². The van der Waals surface area contributed by atoms with Crippen molar-refractivity contribution in [2.24, 2.45) is 0 Å². The summed E-state index contributed by atoms with van der Waals surface area (Å²) < 4.78 is 5.56. The van der Waals surface area contributed by atoms with Crippen LogP contribution in [0.2, 0.25) is 0 Å². The molecule has 168 valence electrons. The molecule has 0 atom stereocenters. The first kappa shape index (κ1) is 21.2. The summed E-state index contributed by atoms with van der Waals surface area (Å²) in [5.41, 5.74) is 5.47. The standard InChI is InChI=1S/C27H29N5O/c1-18-8-10-21(11-9-18)23-17-26(29-20(3)28-23)32-14-12-31(13-15-32)25-16-19(2)22-6-5-7-24(33-4)27(22)30-25/h5-11,16-17H,12-15H2,1-4H3. The molecule has 0 aliphatic carbocycles. The Labute approximate surface area is 194 Å². The Morgan fingerprint density at radius 2 is 1.42 bits per heavy atom. The summed E-state index contributed by atoms with van der Waals surface area (Å²) in [7, 11) is 1.70. The van der Waals surface area contributed by atoms with Crippen LogP contribution in [0.4, 0.5) is 11.6 Å². The van der Waals surface area contributed by atoms with E-state index in [1.807, 2.05) is 19.1 Å². The lowest BCUT2D eigenvalue weighted by Gasteiger charge is -2.36. The highest BCUT2D eigenvalue weighted by atomic mass is 16.5. The van der Waals surface area contributed by atoms with Crippen LogP contribution in [0.1, 0.15) is 17.0 Å². The maximum atomic E-state index is 5.56. The summed E-state index contributed by atoms with van der Waals surface area (Å²) in [5.74, 6) is 3.60. The normalized spacial score (nSPS) is 14.1. The maximum Gasteiger partial charge on any atom is 0.145 e. The van der Waals surface area contributed by atoms with Crippen LogP contribution in [-0.2, 0) is 0 Å². The minimum Gasteiger partial charge on any atom is -0.494 e. The van der Waals surface area contributed by atoms with Crippen molar-refractivity contribution in [3.05, 3.63) is 71.5 Å². The second-order valence-corrected chi connectivity index (χ2v) is 8.65. The van der Waals surface area contributed by atoms with Crippen LogP contribution in [0.15, 0.2) is 54.6 Å². The Hall–Kier alpha value is -3.67. The van der Waals surface area contributed by atoms with Crippen molar-refractivity contribution in [1.29, 1.82) is 0 Å². The highest BCUT2D eigenvalue weighted by Crippen LogP contribution is 2.30. The number of fused-ring (bicyclic) bond motifs is 1. The molecule has 0 N–H and O–H groups in total. The van der Waals surface area contributed by atoms with E-state index in [9.17, 15) is 0 Å². The number of hydrogen-bond acceptors (Lipinski definition) is 6. The molecule has 2 aromatic carbocycles. The number of methoxy groups -OCH3 is 1. The molecule has 0 amide bonds. The topological polar surface area (TPSA) is 54.4 Å². The molecule has 1 saturated heterocycles. The number of hydrogen-bond donors (Lipinski definition) is 0. The van der Waals surface area contributed by atoms with Gasteiger partial charge < -0.3 is 14.5 Å². The summed E-state index contributed by atoms with van der Waals surface area (Å²) in [5, 5.41) is 1.14. The summed E-state index contributed by atoms with van der Waals surface area (Å²) in [4.78, 5) is 19.1. The first-order valence-corrected chi connectivity index (χ1v) is 11.4. The number of benzene rings is 2. The first-order valence-electron chi connectivity index (χ1n) is 11.4. The van der Waals surface area contributed by atoms with Gasteiger partial charge in [-0.05, 0) is 38.5 Å². The molecule has 6 nitrogen and oxygen atoms in total. The number of ether oxygens (including phenoxy) is 1. The highest BCUT2D eigenvalue weighted by Gasteiger charge is 2.21. The Morgan fingerprint density at radius 1 is 0.758 bits per heavy atom. The van der Waals surface area contributed by atoms with Crippen LogP contribution < -0.4 is 14.5 Å². The number of nitrogens with zero attached hydrogens (tertiary/aromatic N) is 5. The van der Waals surface area contributed by atoms with Crippen LogP contribution in [0, 0.1) is 20.8 Å². The molecule has 2 aromatic heterocycles. The quantitative estimate of drug-likeness (QED) is 0.448. The Bertz CT molecular complexity index is 1290. The fourth-order valence-electron chi connectivity index (χ4n) is 4.45. The second-order valence-electron chi connectivity index (χ2n) is 8.65. The molecule has 4 aromatic rings. The molecule has 0 saturated carbocycles. The number of pyridine rings is 1. The van der Waals surface area contributed by atoms with E-state index in [0.717, 1.165) is 71.5 Å². The number of aryl methyl sites for hydroxylation is 3. The monoisotopic (exact) mass is 439 g/mol. The van der Waals surface area contributed by atoms with Crippen molar-refractivity contribution in [3.8, 4) is 17.0 Å². The molecule has 1 aliphatic rings. The van der Waals surface area contributed by atoms with Crippen molar-refractivity contribution in [2.75, 3.05) is 43.1 Å². The Kier molecular flexibility index (Phi) is 5.58. The lowest BCUT2D eigenvalue weighted by atomic mass is 10.1. The van der Waals surface area contributed by atoms with Crippen LogP contribution in [0.3, 0.4) is 0 Å². The van der Waals surface area contributed by atoms with E-state index in [0.29, 0.717) is 0 Å². The average Bonchev–Trinajstić information content (AvgIpc) is 2.84. The van der Waals surface area contributed by atoms with Gasteiger partial charge >= 0.3 is 0 Å². The lowest BCUT2D eigenvalue weighted by Crippen LogP contribution is -2.47. The molecular formula is C27H29N5O. The molecule has 1 fully saturated rings. The van der Waals surface area contributed by atoms with Gasteiger partial charge in [-0.15, -0.1) is 0 Å². The molecule has 0 unspecified atom stereocenters. The summed E-state index contributed by atoms with van der Waals surface area (Å²) in [6.45, 7) is 9.74. The Balaban J connectivity index is 1.37. The molecule has 6 heteroatoms. The third kappa shape index (κ3) is 4.21. The van der Waals surface area contributed by atoms with Crippen LogP contribution in [0.25, 0.3) is 22.2 Å². The van der Waals surface area contributed by atoms with E-state index in [2.05, 4.69) is 71.1 Å². The molecule has 33 heavy (non-hydrogen) atoms. The van der Waals surface area contributed by atoms with Crippen LogP contribution >= 0.6 is 0 Å². The average molecular weight is 440 g/mol. The van der Waals surface area contributed by atoms with Crippen molar-refractivity contribution >= 4 is 22.5 Å². The van der Waals surface area contributed by atoms with Gasteiger partial charge in [-0.25, -0.2) is 15.0 Å². The summed E-state index contributed by atoms with van der Waals surface area (Å²) in [6.07, 6.45) is 0. The predicted octanol–water partition coefficient (Wildman–Crippen LogP) is 4.95. The SMILES string of the molecule is COc1cccc2c(C)cc(N3CCN(c4cc(-c5ccc(C)cc5)nc(C)n4)CC3)nc12. The van der Waals surface area contributed by atoms with Crippen molar-refractivity contribution in [3.63, 3.8) is 0 Å². The molecule has 0 bridgehead atoms. The van der Waals surface area contributed by atoms with E-state index in [1.54, 1.807) is 7.11 Å². The largest absolute Gasteiger partial charge is 0.494 e. The zero-order chi connectivity index (χ0) is 22.9. The van der Waals surface area contributed by atoms with Crippen molar-refractivity contribution in [1.82, 2.24) is 15.0 Å². The molecule has 5 rings (SSSR count). The number of aromatic nitrogens is 3. The van der Waals surface area contributed by atoms with Gasteiger partial charge in [0.1, 0.15) is 28.7 Å². The van der Waals surface area contributed by atoms with Crippen molar-refractivity contribution in [2.45, 2.75) is 20.8 Å². The number of para-hydroxylation sites is 1. The Morgan fingerprint density at radius 3 is 2.09 bits per heavy atom. The fourth-order valence-corrected chi connectivity index (χ4v) is 4.45. The van der Waals surface area contributed by atoms with Gasteiger partial charge in [0.05, 0.1) is 12.8 Å². The molecule has 0 spiro atoms. The van der Waals surface area contributed by atoms with Gasteiger partial charge in [0.2, 0.25) is 0 Å². The second kappa shape index (κ2) is 8.70. The lowest BCUT2D eigenvalue weighted by molar-refractivity contribution is 0.419. The van der Waals surface area contributed by atoms with Gasteiger partial charge in [-0.1, -0.05) is 42.0 Å². The van der Waals surface area contributed by atoms with E-state index in [-0.39, 0.29) is 0 Å². The van der Waals surface area contributed by atoms with E-state index in [1.165, 1.54) is 11.1 Å². The van der Waals surface area contributed by atoms with Gasteiger partial charge in [-0.3, -0.25) is 0 Å². The van der Waals surface area contributed by atoms with Crippen molar-refractivity contribution < 1.29 is 4.74 Å². The molecular weight excluding hydrogens is 410 g/mol. The maximum absolute atomic E-state index is 5.56. The van der Waals surface area contributed by atoms with Gasteiger partial charge in [0.25, 0.3) is 0 Å². The van der Waals surface area contributed by atoms with E-state index >= 15 is 0 Å². The molecule has 0 radical (unpaired) electrons.